The molecule has 94 valence electrons. The second kappa shape index (κ2) is 6.82. The highest BCUT2D eigenvalue weighted by Crippen LogP contribution is 2.11. The van der Waals surface area contributed by atoms with E-state index in [4.69, 9.17) is 5.73 Å². The van der Waals surface area contributed by atoms with Crippen LogP contribution in [-0.2, 0) is 11.3 Å². The van der Waals surface area contributed by atoms with Crippen molar-refractivity contribution in [3.05, 3.63) is 39.9 Å². The number of rotatable bonds is 4. The highest BCUT2D eigenvalue weighted by Gasteiger charge is 2.07. The molecule has 0 fully saturated rings. The van der Waals surface area contributed by atoms with Gasteiger partial charge in [0.05, 0.1) is 11.0 Å². The van der Waals surface area contributed by atoms with Gasteiger partial charge in [-0.05, 0) is 12.5 Å². The van der Waals surface area contributed by atoms with Gasteiger partial charge >= 0.3 is 0 Å². The fourth-order valence-corrected chi connectivity index (χ4v) is 1.09. The Balaban J connectivity index is 0.00000256. The van der Waals surface area contributed by atoms with Crippen molar-refractivity contribution in [2.45, 2.75) is 19.5 Å². The number of amides is 1. The molecular weight excluding hydrogens is 246 g/mol. The molecule has 0 unspecified atom stereocenters. The third-order valence-corrected chi connectivity index (χ3v) is 2.03. The summed E-state index contributed by atoms with van der Waals surface area (Å²) in [7, 11) is 0. The maximum absolute atomic E-state index is 11.1. The summed E-state index contributed by atoms with van der Waals surface area (Å²) in [6.45, 7) is 1.91. The van der Waals surface area contributed by atoms with Crippen molar-refractivity contribution in [2.75, 3.05) is 0 Å². The lowest BCUT2D eigenvalue weighted by atomic mass is 10.2. The molecular formula is C10H14ClN3O3. The molecule has 0 saturated carbocycles. The molecule has 1 aromatic carbocycles. The lowest BCUT2D eigenvalue weighted by molar-refractivity contribution is -0.384. The van der Waals surface area contributed by atoms with Gasteiger partial charge < -0.3 is 11.1 Å². The van der Waals surface area contributed by atoms with Crippen LogP contribution < -0.4 is 11.1 Å². The summed E-state index contributed by atoms with van der Waals surface area (Å²) in [5.41, 5.74) is 6.18. The van der Waals surface area contributed by atoms with Gasteiger partial charge in [-0.1, -0.05) is 12.1 Å². The standard InChI is InChI=1S/C10H13N3O3.ClH/c1-7(11)10(14)12-6-8-2-4-9(5-3-8)13(15)16;/h2-5,7H,6,11H2,1H3,(H,12,14);1H/t7-;/m1./s1. The van der Waals surface area contributed by atoms with Crippen molar-refractivity contribution in [1.29, 1.82) is 0 Å². The van der Waals surface area contributed by atoms with Crippen molar-refractivity contribution in [3.8, 4) is 0 Å². The maximum atomic E-state index is 11.1. The van der Waals surface area contributed by atoms with E-state index in [1.54, 1.807) is 19.1 Å². The number of nitrogens with two attached hydrogens (primary N) is 1. The minimum absolute atomic E-state index is 0. The third kappa shape index (κ3) is 4.80. The number of hydrogen-bond acceptors (Lipinski definition) is 4. The smallest absolute Gasteiger partial charge is 0.269 e. The van der Waals surface area contributed by atoms with Crippen molar-refractivity contribution >= 4 is 24.0 Å². The average molecular weight is 260 g/mol. The predicted molar refractivity (Wildman–Crippen MR) is 65.8 cm³/mol. The summed E-state index contributed by atoms with van der Waals surface area (Å²) < 4.78 is 0. The Labute approximate surface area is 105 Å². The van der Waals surface area contributed by atoms with Gasteiger partial charge in [0.15, 0.2) is 0 Å². The van der Waals surface area contributed by atoms with E-state index in [2.05, 4.69) is 5.32 Å². The van der Waals surface area contributed by atoms with Gasteiger partial charge in [-0.2, -0.15) is 0 Å². The van der Waals surface area contributed by atoms with Gasteiger partial charge in [0.25, 0.3) is 5.69 Å². The highest BCUT2D eigenvalue weighted by atomic mass is 35.5. The molecule has 0 aliphatic rings. The number of nitrogens with zero attached hydrogens (tertiary/aromatic N) is 1. The van der Waals surface area contributed by atoms with Gasteiger partial charge in [0.1, 0.15) is 0 Å². The Kier molecular flexibility index (Phi) is 6.16. The van der Waals surface area contributed by atoms with Gasteiger partial charge in [-0.15, -0.1) is 12.4 Å². The molecule has 0 aromatic heterocycles. The Hall–Kier alpha value is -1.66. The summed E-state index contributed by atoms with van der Waals surface area (Å²) in [6, 6.07) is 5.43. The summed E-state index contributed by atoms with van der Waals surface area (Å²) in [5, 5.41) is 13.0. The van der Waals surface area contributed by atoms with E-state index in [-0.39, 0.29) is 24.0 Å². The molecule has 0 aliphatic heterocycles. The Morgan fingerprint density at radius 3 is 2.41 bits per heavy atom. The van der Waals surface area contributed by atoms with E-state index in [9.17, 15) is 14.9 Å². The van der Waals surface area contributed by atoms with Gasteiger partial charge in [-0.25, -0.2) is 0 Å². The molecule has 7 heteroatoms. The van der Waals surface area contributed by atoms with Crippen LogP contribution >= 0.6 is 12.4 Å². The first-order chi connectivity index (χ1) is 7.50. The minimum Gasteiger partial charge on any atom is -0.351 e. The molecule has 1 rings (SSSR count). The lowest BCUT2D eigenvalue weighted by Crippen LogP contribution is -2.37. The molecule has 1 amide bonds. The zero-order valence-corrected chi connectivity index (χ0v) is 10.1. The number of nitro benzene ring substituents is 1. The van der Waals surface area contributed by atoms with E-state index in [1.807, 2.05) is 0 Å². The van der Waals surface area contributed by atoms with E-state index >= 15 is 0 Å². The summed E-state index contributed by atoms with van der Waals surface area (Å²) in [5.74, 6) is -0.252. The molecule has 1 aromatic rings. The van der Waals surface area contributed by atoms with Gasteiger partial charge in [0.2, 0.25) is 5.91 Å². The molecule has 0 spiro atoms. The fourth-order valence-electron chi connectivity index (χ4n) is 1.09. The topological polar surface area (TPSA) is 98.3 Å². The first-order valence-corrected chi connectivity index (χ1v) is 4.77. The summed E-state index contributed by atoms with van der Waals surface area (Å²) in [4.78, 5) is 21.1. The molecule has 1 atom stereocenters. The first kappa shape index (κ1) is 15.3. The molecule has 0 radical (unpaired) electrons. The number of non-ortho nitro benzene ring substituents is 1. The van der Waals surface area contributed by atoms with Crippen LogP contribution in [0.5, 0.6) is 0 Å². The lowest BCUT2D eigenvalue weighted by Gasteiger charge is -2.07. The molecule has 3 N–H and O–H groups in total. The van der Waals surface area contributed by atoms with Crippen LogP contribution in [0, 0.1) is 10.1 Å². The highest BCUT2D eigenvalue weighted by molar-refractivity contribution is 5.85. The number of carbonyl (C=O) groups excluding carboxylic acids is 1. The largest absolute Gasteiger partial charge is 0.351 e. The summed E-state index contributed by atoms with van der Waals surface area (Å²) in [6.07, 6.45) is 0. The van der Waals surface area contributed by atoms with Crippen LogP contribution in [0.2, 0.25) is 0 Å². The Morgan fingerprint density at radius 2 is 2.00 bits per heavy atom. The van der Waals surface area contributed by atoms with Crippen LogP contribution in [0.15, 0.2) is 24.3 Å². The van der Waals surface area contributed by atoms with Crippen LogP contribution in [0.1, 0.15) is 12.5 Å². The zero-order chi connectivity index (χ0) is 12.1. The number of nitro groups is 1. The van der Waals surface area contributed by atoms with Crippen molar-refractivity contribution in [1.82, 2.24) is 5.32 Å². The third-order valence-electron chi connectivity index (χ3n) is 2.03. The Bertz CT molecular complexity index is 392. The second-order valence-corrected chi connectivity index (χ2v) is 3.43. The number of benzene rings is 1. The van der Waals surface area contributed by atoms with Crippen molar-refractivity contribution in [2.24, 2.45) is 5.73 Å². The average Bonchev–Trinajstić information content (AvgIpc) is 2.26. The number of hydrogen-bond donors (Lipinski definition) is 2. The monoisotopic (exact) mass is 259 g/mol. The molecule has 17 heavy (non-hydrogen) atoms. The maximum Gasteiger partial charge on any atom is 0.269 e. The molecule has 0 heterocycles. The molecule has 0 saturated heterocycles. The van der Waals surface area contributed by atoms with Crippen LogP contribution in [0.4, 0.5) is 5.69 Å². The molecule has 0 bridgehead atoms. The van der Waals surface area contributed by atoms with Gasteiger partial charge in [0, 0.05) is 18.7 Å². The SMILES string of the molecule is C[C@@H](N)C(=O)NCc1ccc([N+](=O)[O-])cc1.Cl. The van der Waals surface area contributed by atoms with E-state index < -0.39 is 11.0 Å². The van der Waals surface area contributed by atoms with E-state index in [0.29, 0.717) is 6.54 Å². The van der Waals surface area contributed by atoms with E-state index in [1.165, 1.54) is 12.1 Å². The molecule has 0 aliphatic carbocycles. The normalized spacial score (nSPS) is 11.2. The number of carbonyl (C=O) groups is 1. The predicted octanol–water partition coefficient (Wildman–Crippen LogP) is 0.980. The first-order valence-electron chi connectivity index (χ1n) is 4.77. The van der Waals surface area contributed by atoms with Crippen molar-refractivity contribution < 1.29 is 9.72 Å². The summed E-state index contributed by atoms with van der Waals surface area (Å²) >= 11 is 0. The van der Waals surface area contributed by atoms with Crippen LogP contribution in [-0.4, -0.2) is 16.9 Å². The van der Waals surface area contributed by atoms with Gasteiger partial charge in [-0.3, -0.25) is 14.9 Å². The van der Waals surface area contributed by atoms with Crippen molar-refractivity contribution in [3.63, 3.8) is 0 Å². The Morgan fingerprint density at radius 1 is 1.47 bits per heavy atom. The minimum atomic E-state index is -0.557. The quantitative estimate of drug-likeness (QED) is 0.622. The second-order valence-electron chi connectivity index (χ2n) is 3.43. The zero-order valence-electron chi connectivity index (χ0n) is 9.25. The fraction of sp³-hybridized carbons (Fsp3) is 0.300. The van der Waals surface area contributed by atoms with Crippen LogP contribution in [0.25, 0.3) is 0 Å². The number of halogens is 1. The molecule has 6 nitrogen and oxygen atoms in total. The van der Waals surface area contributed by atoms with Crippen LogP contribution in [0.3, 0.4) is 0 Å². The number of nitrogens with one attached hydrogen (secondary N) is 1. The van der Waals surface area contributed by atoms with E-state index in [0.717, 1.165) is 5.56 Å².